The van der Waals surface area contributed by atoms with E-state index < -0.39 is 17.7 Å². The van der Waals surface area contributed by atoms with Gasteiger partial charge in [-0.1, -0.05) is 6.07 Å². The SMILES string of the molecule is COc1ncnc(C2CC2)c1-c1ncc2c(n1)N(Cc1ccc(-c3nc(C(F)(F)F)cn3C(C)C)c(F)c1)CC(=O)N2C. The number of imidazole rings is 1. The molecule has 4 heterocycles. The van der Waals surface area contributed by atoms with Gasteiger partial charge in [0.15, 0.2) is 17.3 Å². The highest BCUT2D eigenvalue weighted by molar-refractivity contribution is 6.02. The average molecular weight is 597 g/mol. The Hall–Kier alpha value is -4.62. The van der Waals surface area contributed by atoms with Gasteiger partial charge in [0.1, 0.15) is 29.2 Å². The predicted octanol–water partition coefficient (Wildman–Crippen LogP) is 5.40. The van der Waals surface area contributed by atoms with Crippen molar-refractivity contribution in [2.24, 2.45) is 0 Å². The van der Waals surface area contributed by atoms with E-state index >= 15 is 4.39 Å². The van der Waals surface area contributed by atoms with Gasteiger partial charge in [-0.15, -0.1) is 0 Å². The van der Waals surface area contributed by atoms with Crippen LogP contribution in [0.25, 0.3) is 22.8 Å². The summed E-state index contributed by atoms with van der Waals surface area (Å²) in [7, 11) is 3.14. The fourth-order valence-corrected chi connectivity index (χ4v) is 5.16. The molecule has 0 unspecified atom stereocenters. The lowest BCUT2D eigenvalue weighted by atomic mass is 10.1. The van der Waals surface area contributed by atoms with Crippen LogP contribution in [0.5, 0.6) is 5.88 Å². The first-order valence-electron chi connectivity index (χ1n) is 13.7. The number of anilines is 2. The van der Waals surface area contributed by atoms with Gasteiger partial charge in [-0.2, -0.15) is 13.2 Å². The molecule has 0 atom stereocenters. The minimum absolute atomic E-state index is 0.0338. The van der Waals surface area contributed by atoms with Crippen molar-refractivity contribution < 1.29 is 27.1 Å². The first-order chi connectivity index (χ1) is 20.5. The summed E-state index contributed by atoms with van der Waals surface area (Å²) in [5, 5.41) is 0. The second-order valence-electron chi connectivity index (χ2n) is 10.9. The maximum absolute atomic E-state index is 15.5. The van der Waals surface area contributed by atoms with Crippen molar-refractivity contribution in [1.82, 2.24) is 29.5 Å². The predicted molar refractivity (Wildman–Crippen MR) is 149 cm³/mol. The number of fused-ring (bicyclic) bond motifs is 1. The lowest BCUT2D eigenvalue weighted by molar-refractivity contribution is -0.140. The van der Waals surface area contributed by atoms with E-state index in [1.54, 1.807) is 38.1 Å². The van der Waals surface area contributed by atoms with Crippen LogP contribution in [0.3, 0.4) is 0 Å². The molecule has 3 aromatic heterocycles. The second kappa shape index (κ2) is 10.6. The van der Waals surface area contributed by atoms with E-state index in [2.05, 4.69) is 19.9 Å². The number of ether oxygens (including phenoxy) is 1. The lowest BCUT2D eigenvalue weighted by Gasteiger charge is -2.34. The van der Waals surface area contributed by atoms with E-state index in [-0.39, 0.29) is 42.3 Å². The highest BCUT2D eigenvalue weighted by atomic mass is 19.4. The molecule has 4 aromatic rings. The first-order valence-corrected chi connectivity index (χ1v) is 13.7. The summed E-state index contributed by atoms with van der Waals surface area (Å²) in [4.78, 5) is 37.8. The van der Waals surface area contributed by atoms with Gasteiger partial charge in [-0.05, 0) is 44.4 Å². The van der Waals surface area contributed by atoms with Crippen LogP contribution in [-0.4, -0.2) is 56.1 Å². The molecular weight excluding hydrogens is 568 g/mol. The molecule has 0 spiro atoms. The first kappa shape index (κ1) is 28.5. The molecule has 224 valence electrons. The van der Waals surface area contributed by atoms with Crippen molar-refractivity contribution in [1.29, 1.82) is 0 Å². The molecule has 0 radical (unpaired) electrons. The van der Waals surface area contributed by atoms with E-state index in [1.807, 2.05) is 0 Å². The van der Waals surface area contributed by atoms with Crippen molar-refractivity contribution in [3.63, 3.8) is 0 Å². The van der Waals surface area contributed by atoms with E-state index in [9.17, 15) is 18.0 Å². The Labute approximate surface area is 244 Å². The molecule has 0 saturated heterocycles. The lowest BCUT2D eigenvalue weighted by Crippen LogP contribution is -2.44. The zero-order valence-corrected chi connectivity index (χ0v) is 23.9. The Morgan fingerprint density at radius 1 is 1.12 bits per heavy atom. The summed E-state index contributed by atoms with van der Waals surface area (Å²) >= 11 is 0. The highest BCUT2D eigenvalue weighted by Gasteiger charge is 2.36. The van der Waals surface area contributed by atoms with Gasteiger partial charge in [0.05, 0.1) is 31.1 Å². The van der Waals surface area contributed by atoms with Gasteiger partial charge in [0.2, 0.25) is 11.8 Å². The number of aromatic nitrogens is 6. The monoisotopic (exact) mass is 596 g/mol. The van der Waals surface area contributed by atoms with Gasteiger partial charge in [-0.25, -0.2) is 29.3 Å². The molecular formula is C29H28F4N8O2. The summed E-state index contributed by atoms with van der Waals surface area (Å²) < 4.78 is 62.4. The van der Waals surface area contributed by atoms with Crippen molar-refractivity contribution in [3.05, 3.63) is 59.7 Å². The average Bonchev–Trinajstić information content (AvgIpc) is 3.71. The molecule has 1 aromatic carbocycles. The molecule has 6 rings (SSSR count). The number of amides is 1. The van der Waals surface area contributed by atoms with Crippen LogP contribution in [0, 0.1) is 5.82 Å². The molecule has 1 saturated carbocycles. The van der Waals surface area contributed by atoms with Crippen molar-refractivity contribution in [2.45, 2.75) is 51.4 Å². The van der Waals surface area contributed by atoms with Crippen molar-refractivity contribution >= 4 is 17.4 Å². The number of carbonyl (C=O) groups is 1. The molecule has 1 aliphatic heterocycles. The Balaban J connectivity index is 1.36. The number of methoxy groups -OCH3 is 1. The third-order valence-corrected chi connectivity index (χ3v) is 7.56. The summed E-state index contributed by atoms with van der Waals surface area (Å²) in [6.07, 6.45) is 1.19. The number of hydrogen-bond acceptors (Lipinski definition) is 8. The molecule has 1 aliphatic carbocycles. The van der Waals surface area contributed by atoms with Crippen LogP contribution >= 0.6 is 0 Å². The molecule has 2 aliphatic rings. The molecule has 0 bridgehead atoms. The Kier molecular flexibility index (Phi) is 7.01. The second-order valence-corrected chi connectivity index (χ2v) is 10.9. The van der Waals surface area contributed by atoms with Gasteiger partial charge in [-0.3, -0.25) is 4.79 Å². The zero-order chi connectivity index (χ0) is 30.6. The topological polar surface area (TPSA) is 102 Å². The fraction of sp³-hybridized carbons (Fsp3) is 0.379. The van der Waals surface area contributed by atoms with Crippen molar-refractivity contribution in [3.8, 4) is 28.7 Å². The minimum Gasteiger partial charge on any atom is -0.480 e. The van der Waals surface area contributed by atoms with Crippen LogP contribution in [0.1, 0.15) is 55.6 Å². The smallest absolute Gasteiger partial charge is 0.434 e. The third kappa shape index (κ3) is 5.25. The number of rotatable bonds is 7. The molecule has 1 amide bonds. The Morgan fingerprint density at radius 2 is 1.88 bits per heavy atom. The van der Waals surface area contributed by atoms with Gasteiger partial charge < -0.3 is 19.1 Å². The molecule has 14 heteroatoms. The minimum atomic E-state index is -4.66. The number of nitrogens with zero attached hydrogens (tertiary/aromatic N) is 8. The van der Waals surface area contributed by atoms with Crippen LogP contribution in [-0.2, 0) is 17.5 Å². The van der Waals surface area contributed by atoms with E-state index in [0.29, 0.717) is 34.3 Å². The molecule has 0 N–H and O–H groups in total. The number of hydrogen-bond donors (Lipinski definition) is 0. The number of alkyl halides is 3. The van der Waals surface area contributed by atoms with Gasteiger partial charge in [0, 0.05) is 31.7 Å². The van der Waals surface area contributed by atoms with Crippen molar-refractivity contribution in [2.75, 3.05) is 30.5 Å². The third-order valence-electron chi connectivity index (χ3n) is 7.56. The summed E-state index contributed by atoms with van der Waals surface area (Å²) in [6, 6.07) is 3.87. The maximum Gasteiger partial charge on any atom is 0.434 e. The van der Waals surface area contributed by atoms with Crippen LogP contribution < -0.4 is 14.5 Å². The number of halogens is 4. The number of likely N-dealkylation sites (N-methyl/N-ethyl adjacent to an activating group) is 1. The summed E-state index contributed by atoms with van der Waals surface area (Å²) in [6.45, 7) is 3.46. The van der Waals surface area contributed by atoms with E-state index in [1.165, 1.54) is 35.0 Å². The summed E-state index contributed by atoms with van der Waals surface area (Å²) in [5.41, 5.74) is 1.19. The van der Waals surface area contributed by atoms with Crippen LogP contribution in [0.4, 0.5) is 29.1 Å². The van der Waals surface area contributed by atoms with E-state index in [4.69, 9.17) is 9.72 Å². The largest absolute Gasteiger partial charge is 0.480 e. The standard InChI is InChI=1S/C29H28F4N8O2/c1-15(2)41-12-21(29(31,32)33)37-26(41)18-8-5-16(9-19(18)30)11-40-13-22(42)39(3)20-10-34-25(38-27(20)40)23-24(17-6-7-17)35-14-36-28(23)43-4/h5,8-10,12,14-15,17H,6-7,11,13H2,1-4H3. The maximum atomic E-state index is 15.5. The van der Waals surface area contributed by atoms with Gasteiger partial charge in [0.25, 0.3) is 0 Å². The van der Waals surface area contributed by atoms with Crippen LogP contribution in [0.15, 0.2) is 36.9 Å². The van der Waals surface area contributed by atoms with E-state index in [0.717, 1.165) is 24.7 Å². The highest BCUT2D eigenvalue weighted by Crippen LogP contribution is 2.45. The van der Waals surface area contributed by atoms with Gasteiger partial charge >= 0.3 is 6.18 Å². The quantitative estimate of drug-likeness (QED) is 0.261. The molecule has 1 fully saturated rings. The normalized spacial score (nSPS) is 15.3. The number of carbonyl (C=O) groups excluding carboxylic acids is 1. The number of benzene rings is 1. The molecule has 43 heavy (non-hydrogen) atoms. The Morgan fingerprint density at radius 3 is 2.53 bits per heavy atom. The zero-order valence-electron chi connectivity index (χ0n) is 23.9. The fourth-order valence-electron chi connectivity index (χ4n) is 5.16. The summed E-state index contributed by atoms with van der Waals surface area (Å²) in [5.74, 6) is 0.334. The molecule has 10 nitrogen and oxygen atoms in total. The van der Waals surface area contributed by atoms with Crippen LogP contribution in [0.2, 0.25) is 0 Å². The Bertz CT molecular complexity index is 1720.